The fraction of sp³-hybridized carbons (Fsp3) is 0.438. The van der Waals surface area contributed by atoms with Gasteiger partial charge in [-0.2, -0.15) is 5.10 Å². The van der Waals surface area contributed by atoms with Gasteiger partial charge in [0.25, 0.3) is 0 Å². The van der Waals surface area contributed by atoms with Gasteiger partial charge >= 0.3 is 0 Å². The van der Waals surface area contributed by atoms with E-state index >= 15 is 0 Å². The Morgan fingerprint density at radius 3 is 2.75 bits per heavy atom. The highest BCUT2D eigenvalue weighted by Crippen LogP contribution is 2.24. The number of nitrogens with two attached hydrogens (primary N) is 1. The summed E-state index contributed by atoms with van der Waals surface area (Å²) in [7, 11) is 0. The van der Waals surface area contributed by atoms with Crippen LogP contribution in [0.4, 0.5) is 0 Å². The predicted octanol–water partition coefficient (Wildman–Crippen LogP) is 3.62. The molecular formula is C16H22IN3. The van der Waals surface area contributed by atoms with Gasteiger partial charge in [-0.05, 0) is 60.1 Å². The maximum Gasteiger partial charge on any atom is 0.0624 e. The zero-order valence-electron chi connectivity index (χ0n) is 12.4. The molecule has 2 rings (SSSR count). The van der Waals surface area contributed by atoms with E-state index in [-0.39, 0.29) is 6.04 Å². The van der Waals surface area contributed by atoms with E-state index in [1.165, 1.54) is 20.4 Å². The zero-order chi connectivity index (χ0) is 14.7. The Hall–Kier alpha value is -0.880. The summed E-state index contributed by atoms with van der Waals surface area (Å²) in [6.07, 6.45) is 1.80. The third-order valence-corrected chi connectivity index (χ3v) is 5.10. The standard InChI is InChI=1S/C16H22IN3/c1-4-12-9-13(20(5-2)19-12)10-15(18)14-8-6-7-11(3)16(14)17/h6-9,15H,4-5,10,18H2,1-3H3. The average molecular weight is 383 g/mol. The summed E-state index contributed by atoms with van der Waals surface area (Å²) >= 11 is 2.39. The van der Waals surface area contributed by atoms with E-state index in [2.05, 4.69) is 77.4 Å². The molecule has 0 fully saturated rings. The first-order chi connectivity index (χ1) is 9.56. The van der Waals surface area contributed by atoms with Crippen LogP contribution in [0, 0.1) is 10.5 Å². The lowest BCUT2D eigenvalue weighted by Crippen LogP contribution is -2.17. The monoisotopic (exact) mass is 383 g/mol. The quantitative estimate of drug-likeness (QED) is 0.802. The van der Waals surface area contributed by atoms with E-state index in [0.29, 0.717) is 0 Å². The molecule has 108 valence electrons. The van der Waals surface area contributed by atoms with Crippen molar-refractivity contribution in [2.45, 2.75) is 46.2 Å². The molecule has 20 heavy (non-hydrogen) atoms. The SMILES string of the molecule is CCc1cc(CC(N)c2cccc(C)c2I)n(CC)n1. The minimum atomic E-state index is 0.0218. The predicted molar refractivity (Wildman–Crippen MR) is 91.8 cm³/mol. The minimum absolute atomic E-state index is 0.0218. The fourth-order valence-electron chi connectivity index (χ4n) is 2.42. The average Bonchev–Trinajstić information content (AvgIpc) is 2.84. The Morgan fingerprint density at radius 2 is 2.10 bits per heavy atom. The molecule has 2 aromatic rings. The van der Waals surface area contributed by atoms with Crippen LogP contribution in [0.15, 0.2) is 24.3 Å². The molecule has 1 aromatic heterocycles. The van der Waals surface area contributed by atoms with Crippen LogP contribution >= 0.6 is 22.6 Å². The van der Waals surface area contributed by atoms with Gasteiger partial charge in [0.1, 0.15) is 0 Å². The van der Waals surface area contributed by atoms with Gasteiger partial charge in [-0.15, -0.1) is 0 Å². The van der Waals surface area contributed by atoms with Gasteiger partial charge in [0.2, 0.25) is 0 Å². The molecule has 2 N–H and O–H groups in total. The van der Waals surface area contributed by atoms with Crippen molar-refractivity contribution in [2.24, 2.45) is 5.73 Å². The van der Waals surface area contributed by atoms with Crippen molar-refractivity contribution in [1.82, 2.24) is 9.78 Å². The van der Waals surface area contributed by atoms with E-state index < -0.39 is 0 Å². The number of halogens is 1. The summed E-state index contributed by atoms with van der Waals surface area (Å²) < 4.78 is 3.34. The van der Waals surface area contributed by atoms with E-state index in [4.69, 9.17) is 5.73 Å². The molecule has 0 aliphatic heterocycles. The van der Waals surface area contributed by atoms with Crippen LogP contribution in [0.5, 0.6) is 0 Å². The molecule has 0 radical (unpaired) electrons. The Balaban J connectivity index is 2.25. The first-order valence-corrected chi connectivity index (χ1v) is 8.20. The third kappa shape index (κ3) is 3.23. The van der Waals surface area contributed by atoms with Gasteiger partial charge in [-0.25, -0.2) is 0 Å². The molecule has 0 spiro atoms. The Labute approximate surface area is 134 Å². The Morgan fingerprint density at radius 1 is 1.35 bits per heavy atom. The molecule has 0 aliphatic carbocycles. The third-order valence-electron chi connectivity index (χ3n) is 3.63. The van der Waals surface area contributed by atoms with Crippen molar-refractivity contribution < 1.29 is 0 Å². The maximum atomic E-state index is 6.43. The molecule has 3 nitrogen and oxygen atoms in total. The lowest BCUT2D eigenvalue weighted by Gasteiger charge is -2.16. The van der Waals surface area contributed by atoms with Gasteiger partial charge in [-0.1, -0.05) is 25.1 Å². The van der Waals surface area contributed by atoms with Crippen molar-refractivity contribution in [3.8, 4) is 0 Å². The topological polar surface area (TPSA) is 43.8 Å². The summed E-state index contributed by atoms with van der Waals surface area (Å²) in [4.78, 5) is 0. The Bertz CT molecular complexity index is 589. The summed E-state index contributed by atoms with van der Waals surface area (Å²) in [5.74, 6) is 0. The molecular weight excluding hydrogens is 361 g/mol. The van der Waals surface area contributed by atoms with E-state index in [1.54, 1.807) is 0 Å². The largest absolute Gasteiger partial charge is 0.324 e. The van der Waals surface area contributed by atoms with Crippen LogP contribution in [-0.4, -0.2) is 9.78 Å². The van der Waals surface area contributed by atoms with E-state index in [9.17, 15) is 0 Å². The number of nitrogens with zero attached hydrogens (tertiary/aromatic N) is 2. The number of aryl methyl sites for hydroxylation is 3. The number of benzene rings is 1. The molecule has 0 saturated heterocycles. The molecule has 0 bridgehead atoms. The zero-order valence-corrected chi connectivity index (χ0v) is 14.5. The van der Waals surface area contributed by atoms with Crippen LogP contribution in [0.1, 0.15) is 42.4 Å². The molecule has 1 atom stereocenters. The maximum absolute atomic E-state index is 6.43. The van der Waals surface area contributed by atoms with E-state index in [1.807, 2.05) is 0 Å². The van der Waals surface area contributed by atoms with Gasteiger partial charge < -0.3 is 5.73 Å². The van der Waals surface area contributed by atoms with Gasteiger partial charge in [0.15, 0.2) is 0 Å². The van der Waals surface area contributed by atoms with Crippen LogP contribution in [-0.2, 0) is 19.4 Å². The normalized spacial score (nSPS) is 12.7. The van der Waals surface area contributed by atoms with Crippen molar-refractivity contribution in [3.63, 3.8) is 0 Å². The second kappa shape index (κ2) is 6.72. The first-order valence-electron chi connectivity index (χ1n) is 7.13. The first kappa shape index (κ1) is 15.5. The van der Waals surface area contributed by atoms with Crippen LogP contribution < -0.4 is 5.73 Å². The highest BCUT2D eigenvalue weighted by Gasteiger charge is 2.15. The molecule has 1 aromatic carbocycles. The Kier molecular flexibility index (Phi) is 5.21. The number of hydrogen-bond acceptors (Lipinski definition) is 2. The lowest BCUT2D eigenvalue weighted by molar-refractivity contribution is 0.584. The summed E-state index contributed by atoms with van der Waals surface area (Å²) in [6.45, 7) is 7.28. The van der Waals surface area contributed by atoms with Gasteiger partial charge in [-0.3, -0.25) is 4.68 Å². The van der Waals surface area contributed by atoms with Gasteiger partial charge in [0, 0.05) is 28.3 Å². The number of rotatable bonds is 5. The lowest BCUT2D eigenvalue weighted by atomic mass is 10.0. The summed E-state index contributed by atoms with van der Waals surface area (Å²) in [5.41, 5.74) is 11.3. The van der Waals surface area contributed by atoms with Crippen LogP contribution in [0.3, 0.4) is 0 Å². The molecule has 1 heterocycles. The summed E-state index contributed by atoms with van der Waals surface area (Å²) in [5, 5.41) is 4.59. The molecule has 1 unspecified atom stereocenters. The second-order valence-corrected chi connectivity index (χ2v) is 6.16. The minimum Gasteiger partial charge on any atom is -0.324 e. The van der Waals surface area contributed by atoms with Gasteiger partial charge in [0.05, 0.1) is 5.69 Å². The van der Waals surface area contributed by atoms with Crippen molar-refractivity contribution in [1.29, 1.82) is 0 Å². The molecule has 0 amide bonds. The van der Waals surface area contributed by atoms with Crippen LogP contribution in [0.25, 0.3) is 0 Å². The van der Waals surface area contributed by atoms with E-state index in [0.717, 1.165) is 25.1 Å². The number of hydrogen-bond donors (Lipinski definition) is 1. The van der Waals surface area contributed by atoms with Crippen molar-refractivity contribution in [2.75, 3.05) is 0 Å². The molecule has 4 heteroatoms. The van der Waals surface area contributed by atoms with Crippen molar-refractivity contribution >= 4 is 22.6 Å². The van der Waals surface area contributed by atoms with Crippen molar-refractivity contribution in [3.05, 3.63) is 50.4 Å². The smallest absolute Gasteiger partial charge is 0.0624 e. The highest BCUT2D eigenvalue weighted by molar-refractivity contribution is 14.1. The van der Waals surface area contributed by atoms with Crippen LogP contribution in [0.2, 0.25) is 0 Å². The number of aromatic nitrogens is 2. The fourth-order valence-corrected chi connectivity index (χ4v) is 3.18. The highest BCUT2D eigenvalue weighted by atomic mass is 127. The molecule has 0 aliphatic rings. The second-order valence-electron chi connectivity index (χ2n) is 5.09. The summed E-state index contributed by atoms with van der Waals surface area (Å²) in [6, 6.07) is 8.55. The molecule has 0 saturated carbocycles.